The summed E-state index contributed by atoms with van der Waals surface area (Å²) in [7, 11) is -3.32. The minimum Gasteiger partial charge on any atom is -0.281 e. The lowest BCUT2D eigenvalue weighted by atomic mass is 10.1. The highest BCUT2D eigenvalue weighted by molar-refractivity contribution is 7.88. The number of nitrogens with zero attached hydrogens (tertiary/aromatic N) is 2. The quantitative estimate of drug-likeness (QED) is 0.943. The molecular formula is C15H19N3O2S. The van der Waals surface area contributed by atoms with E-state index < -0.39 is 10.0 Å². The third-order valence-corrected chi connectivity index (χ3v) is 5.80. The Morgan fingerprint density at radius 3 is 2.76 bits per heavy atom. The van der Waals surface area contributed by atoms with E-state index in [1.54, 1.807) is 10.5 Å². The summed E-state index contributed by atoms with van der Waals surface area (Å²) in [6.07, 6.45) is 3.48. The number of hydrogen-bond donors (Lipinski definition) is 1. The first kappa shape index (κ1) is 14.3. The SMILES string of the molecule is Cc1cn[nH]c1[C@H]1CCCN1S(=O)(=O)Cc1ccccc1. The van der Waals surface area contributed by atoms with Crippen LogP contribution in [0.15, 0.2) is 36.5 Å². The lowest BCUT2D eigenvalue weighted by Gasteiger charge is -2.23. The van der Waals surface area contributed by atoms with Crippen LogP contribution in [0.3, 0.4) is 0 Å². The molecule has 2 aromatic rings. The molecule has 0 amide bonds. The third-order valence-electron chi connectivity index (χ3n) is 3.95. The average Bonchev–Trinajstić information content (AvgIpc) is 3.07. The van der Waals surface area contributed by atoms with E-state index in [1.165, 1.54) is 0 Å². The van der Waals surface area contributed by atoms with Crippen LogP contribution in [0.25, 0.3) is 0 Å². The van der Waals surface area contributed by atoms with Crippen LogP contribution in [0.1, 0.15) is 35.7 Å². The van der Waals surface area contributed by atoms with E-state index in [1.807, 2.05) is 37.3 Å². The minimum atomic E-state index is -3.32. The van der Waals surface area contributed by atoms with E-state index in [0.717, 1.165) is 29.7 Å². The third kappa shape index (κ3) is 2.87. The molecule has 1 saturated heterocycles. The molecule has 1 aromatic heterocycles. The van der Waals surface area contributed by atoms with Gasteiger partial charge in [0.1, 0.15) is 0 Å². The van der Waals surface area contributed by atoms with Crippen LogP contribution in [-0.4, -0.2) is 29.5 Å². The van der Waals surface area contributed by atoms with Crippen molar-refractivity contribution in [2.45, 2.75) is 31.6 Å². The van der Waals surface area contributed by atoms with Gasteiger partial charge in [-0.05, 0) is 30.9 Å². The monoisotopic (exact) mass is 305 g/mol. The highest BCUT2D eigenvalue weighted by Crippen LogP contribution is 2.35. The number of H-pyrrole nitrogens is 1. The van der Waals surface area contributed by atoms with Gasteiger partial charge in [-0.25, -0.2) is 8.42 Å². The Labute approximate surface area is 125 Å². The molecule has 112 valence electrons. The van der Waals surface area contributed by atoms with Crippen molar-refractivity contribution >= 4 is 10.0 Å². The molecule has 3 rings (SSSR count). The maximum Gasteiger partial charge on any atom is 0.218 e. The van der Waals surface area contributed by atoms with Crippen LogP contribution in [0.2, 0.25) is 0 Å². The Kier molecular flexibility index (Phi) is 3.82. The molecule has 1 aliphatic rings. The van der Waals surface area contributed by atoms with Crippen LogP contribution in [0.5, 0.6) is 0 Å². The molecule has 1 atom stereocenters. The zero-order valence-corrected chi connectivity index (χ0v) is 12.8. The molecule has 0 aliphatic carbocycles. The summed E-state index contributed by atoms with van der Waals surface area (Å²) in [5, 5.41) is 6.98. The topological polar surface area (TPSA) is 66.1 Å². The Balaban J connectivity index is 1.86. The van der Waals surface area contributed by atoms with Crippen LogP contribution < -0.4 is 0 Å². The van der Waals surface area contributed by atoms with Gasteiger partial charge in [-0.3, -0.25) is 5.10 Å². The largest absolute Gasteiger partial charge is 0.281 e. The first-order valence-electron chi connectivity index (χ1n) is 7.11. The average molecular weight is 305 g/mol. The fourth-order valence-corrected chi connectivity index (χ4v) is 4.71. The minimum absolute atomic E-state index is 0.0531. The van der Waals surface area contributed by atoms with E-state index in [-0.39, 0.29) is 11.8 Å². The molecule has 0 radical (unpaired) electrons. The zero-order chi connectivity index (χ0) is 14.9. The Morgan fingerprint density at radius 1 is 1.33 bits per heavy atom. The Bertz CT molecular complexity index is 710. The first-order valence-corrected chi connectivity index (χ1v) is 8.72. The van der Waals surface area contributed by atoms with E-state index in [2.05, 4.69) is 10.2 Å². The van der Waals surface area contributed by atoms with Gasteiger partial charge >= 0.3 is 0 Å². The number of sulfonamides is 1. The molecule has 2 heterocycles. The number of rotatable bonds is 4. The molecule has 21 heavy (non-hydrogen) atoms. The van der Waals surface area contributed by atoms with Gasteiger partial charge in [0.15, 0.2) is 0 Å². The summed E-state index contributed by atoms with van der Waals surface area (Å²) in [6, 6.07) is 9.22. The lowest BCUT2D eigenvalue weighted by molar-refractivity contribution is 0.388. The Morgan fingerprint density at radius 2 is 2.10 bits per heavy atom. The maximum absolute atomic E-state index is 12.7. The van der Waals surface area contributed by atoms with Crippen molar-refractivity contribution < 1.29 is 8.42 Å². The summed E-state index contributed by atoms with van der Waals surface area (Å²) in [5.41, 5.74) is 2.76. The molecule has 1 N–H and O–H groups in total. The van der Waals surface area contributed by atoms with Crippen molar-refractivity contribution in [3.8, 4) is 0 Å². The van der Waals surface area contributed by atoms with Crippen LogP contribution in [0, 0.1) is 6.92 Å². The normalized spacial score (nSPS) is 20.0. The van der Waals surface area contributed by atoms with Gasteiger partial charge in [-0.15, -0.1) is 0 Å². The summed E-state index contributed by atoms with van der Waals surface area (Å²) >= 11 is 0. The summed E-state index contributed by atoms with van der Waals surface area (Å²) < 4.78 is 27.0. The number of aromatic nitrogens is 2. The molecular weight excluding hydrogens is 286 g/mol. The molecule has 0 unspecified atom stereocenters. The standard InChI is InChI=1S/C15H19N3O2S/c1-12-10-16-17-15(12)14-8-5-9-18(14)21(19,20)11-13-6-3-2-4-7-13/h2-4,6-7,10,14H,5,8-9,11H2,1H3,(H,16,17)/t14-/m1/s1. The van der Waals surface area contributed by atoms with E-state index >= 15 is 0 Å². The van der Waals surface area contributed by atoms with Crippen LogP contribution >= 0.6 is 0 Å². The van der Waals surface area contributed by atoms with E-state index in [4.69, 9.17) is 0 Å². The van der Waals surface area contributed by atoms with Crippen molar-refractivity contribution in [3.05, 3.63) is 53.3 Å². The Hall–Kier alpha value is -1.66. The van der Waals surface area contributed by atoms with Crippen molar-refractivity contribution in [2.24, 2.45) is 0 Å². The van der Waals surface area contributed by atoms with Gasteiger partial charge in [-0.1, -0.05) is 30.3 Å². The molecule has 1 fully saturated rings. The second kappa shape index (κ2) is 5.61. The maximum atomic E-state index is 12.7. The summed E-state index contributed by atoms with van der Waals surface area (Å²) in [6.45, 7) is 2.54. The first-order chi connectivity index (χ1) is 10.1. The zero-order valence-electron chi connectivity index (χ0n) is 12.0. The fourth-order valence-electron chi connectivity index (χ4n) is 2.92. The number of benzene rings is 1. The molecule has 6 heteroatoms. The van der Waals surface area contributed by atoms with Gasteiger partial charge < -0.3 is 0 Å². The highest BCUT2D eigenvalue weighted by Gasteiger charge is 2.36. The van der Waals surface area contributed by atoms with Gasteiger partial charge in [0.2, 0.25) is 10.0 Å². The predicted octanol–water partition coefficient (Wildman–Crippen LogP) is 2.39. The summed E-state index contributed by atoms with van der Waals surface area (Å²) in [5.74, 6) is 0.0531. The molecule has 1 aromatic carbocycles. The smallest absolute Gasteiger partial charge is 0.218 e. The van der Waals surface area contributed by atoms with Crippen molar-refractivity contribution in [3.63, 3.8) is 0 Å². The predicted molar refractivity (Wildman–Crippen MR) is 81.1 cm³/mol. The molecule has 0 bridgehead atoms. The second-order valence-electron chi connectivity index (χ2n) is 5.48. The fraction of sp³-hybridized carbons (Fsp3) is 0.400. The van der Waals surface area contributed by atoms with Crippen LogP contribution in [0.4, 0.5) is 0 Å². The second-order valence-corrected chi connectivity index (χ2v) is 7.40. The number of nitrogens with one attached hydrogen (secondary N) is 1. The molecule has 0 spiro atoms. The van der Waals surface area contributed by atoms with E-state index in [9.17, 15) is 8.42 Å². The lowest BCUT2D eigenvalue weighted by Crippen LogP contribution is -2.32. The summed E-state index contributed by atoms with van der Waals surface area (Å²) in [4.78, 5) is 0. The van der Waals surface area contributed by atoms with Crippen molar-refractivity contribution in [1.29, 1.82) is 0 Å². The molecule has 1 aliphatic heterocycles. The number of aryl methyl sites for hydroxylation is 1. The highest BCUT2D eigenvalue weighted by atomic mass is 32.2. The van der Waals surface area contributed by atoms with Gasteiger partial charge in [-0.2, -0.15) is 9.40 Å². The van der Waals surface area contributed by atoms with Gasteiger partial charge in [0.25, 0.3) is 0 Å². The van der Waals surface area contributed by atoms with Gasteiger partial charge in [0.05, 0.1) is 23.7 Å². The van der Waals surface area contributed by atoms with Crippen molar-refractivity contribution in [2.75, 3.05) is 6.54 Å². The van der Waals surface area contributed by atoms with Crippen LogP contribution in [-0.2, 0) is 15.8 Å². The van der Waals surface area contributed by atoms with E-state index in [0.29, 0.717) is 6.54 Å². The molecule has 0 saturated carbocycles. The van der Waals surface area contributed by atoms with Crippen molar-refractivity contribution in [1.82, 2.24) is 14.5 Å². The van der Waals surface area contributed by atoms with Gasteiger partial charge in [0, 0.05) is 6.54 Å². The molecule has 5 nitrogen and oxygen atoms in total. The number of hydrogen-bond acceptors (Lipinski definition) is 3. The number of aromatic amines is 1.